The van der Waals surface area contributed by atoms with Crippen LogP contribution in [0.5, 0.6) is 11.5 Å². The molecule has 18 heavy (non-hydrogen) atoms. The number of ketones is 1. The number of phenols is 2. The molecule has 0 atom stereocenters. The Balaban J connectivity index is 2.55. The molecule has 0 aliphatic carbocycles. The number of carbonyl (C=O) groups excluding carboxylic acids is 1. The van der Waals surface area contributed by atoms with Gasteiger partial charge in [0.15, 0.2) is 5.78 Å². The summed E-state index contributed by atoms with van der Waals surface area (Å²) in [6.45, 7) is 3.39. The fraction of sp³-hybridized carbons (Fsp3) is 0.133. The van der Waals surface area contributed by atoms with E-state index in [9.17, 15) is 15.0 Å². The third-order valence-electron chi connectivity index (χ3n) is 3.10. The molecule has 0 radical (unpaired) electrons. The summed E-state index contributed by atoms with van der Waals surface area (Å²) in [4.78, 5) is 12.4. The Morgan fingerprint density at radius 1 is 0.833 bits per heavy atom. The minimum absolute atomic E-state index is 0.0960. The van der Waals surface area contributed by atoms with E-state index in [1.54, 1.807) is 50.2 Å². The first-order chi connectivity index (χ1) is 8.52. The highest BCUT2D eigenvalue weighted by atomic mass is 16.3. The fourth-order valence-electron chi connectivity index (χ4n) is 1.88. The van der Waals surface area contributed by atoms with E-state index < -0.39 is 0 Å². The lowest BCUT2D eigenvalue weighted by Crippen LogP contribution is -2.05. The normalized spacial score (nSPS) is 10.3. The van der Waals surface area contributed by atoms with Crippen LogP contribution in [0.3, 0.4) is 0 Å². The van der Waals surface area contributed by atoms with Crippen molar-refractivity contribution in [1.29, 1.82) is 0 Å². The number of hydrogen-bond acceptors (Lipinski definition) is 3. The molecule has 0 fully saturated rings. The largest absolute Gasteiger partial charge is 0.508 e. The van der Waals surface area contributed by atoms with Gasteiger partial charge in [-0.3, -0.25) is 4.79 Å². The van der Waals surface area contributed by atoms with Crippen LogP contribution in [0, 0.1) is 13.8 Å². The number of phenolic OH excluding ortho intramolecular Hbond substituents is 2. The van der Waals surface area contributed by atoms with Crippen molar-refractivity contribution in [3.63, 3.8) is 0 Å². The van der Waals surface area contributed by atoms with Crippen LogP contribution in [-0.2, 0) is 0 Å². The molecule has 2 rings (SSSR count). The van der Waals surface area contributed by atoms with Crippen LogP contribution in [0.2, 0.25) is 0 Å². The molecule has 0 saturated carbocycles. The molecule has 92 valence electrons. The van der Waals surface area contributed by atoms with Gasteiger partial charge in [-0.1, -0.05) is 24.3 Å². The van der Waals surface area contributed by atoms with Crippen LogP contribution in [0.15, 0.2) is 36.4 Å². The van der Waals surface area contributed by atoms with E-state index >= 15 is 0 Å². The van der Waals surface area contributed by atoms with Crippen molar-refractivity contribution in [3.8, 4) is 11.5 Å². The average Bonchev–Trinajstić information content (AvgIpc) is 2.35. The van der Waals surface area contributed by atoms with Crippen LogP contribution < -0.4 is 0 Å². The lowest BCUT2D eigenvalue weighted by molar-refractivity contribution is 0.103. The summed E-state index contributed by atoms with van der Waals surface area (Å²) in [5.74, 6) is -0.00545. The summed E-state index contributed by atoms with van der Waals surface area (Å²) >= 11 is 0. The number of rotatable bonds is 2. The van der Waals surface area contributed by atoms with Crippen molar-refractivity contribution in [1.82, 2.24) is 0 Å². The molecule has 2 N–H and O–H groups in total. The number of carbonyl (C=O) groups is 1. The van der Waals surface area contributed by atoms with Gasteiger partial charge in [0.1, 0.15) is 11.5 Å². The zero-order valence-electron chi connectivity index (χ0n) is 10.3. The summed E-state index contributed by atoms with van der Waals surface area (Å²) in [5.41, 5.74) is 1.99. The van der Waals surface area contributed by atoms with Gasteiger partial charge >= 0.3 is 0 Å². The zero-order chi connectivity index (χ0) is 13.3. The smallest absolute Gasteiger partial charge is 0.193 e. The van der Waals surface area contributed by atoms with Crippen LogP contribution in [0.25, 0.3) is 0 Å². The molecule has 3 nitrogen and oxygen atoms in total. The average molecular weight is 242 g/mol. The van der Waals surface area contributed by atoms with E-state index in [0.717, 1.165) is 0 Å². The van der Waals surface area contributed by atoms with Crippen molar-refractivity contribution >= 4 is 5.78 Å². The molecular formula is C15H14O3. The zero-order valence-corrected chi connectivity index (χ0v) is 10.3. The van der Waals surface area contributed by atoms with Gasteiger partial charge in [0.05, 0.1) is 0 Å². The van der Waals surface area contributed by atoms with Crippen molar-refractivity contribution in [3.05, 3.63) is 58.7 Å². The van der Waals surface area contributed by atoms with E-state index in [0.29, 0.717) is 22.3 Å². The second kappa shape index (κ2) is 4.53. The van der Waals surface area contributed by atoms with Crippen LogP contribution in [0.4, 0.5) is 0 Å². The van der Waals surface area contributed by atoms with Gasteiger partial charge in [-0.15, -0.1) is 0 Å². The quantitative estimate of drug-likeness (QED) is 0.796. The Morgan fingerprint density at radius 3 is 1.61 bits per heavy atom. The molecular weight excluding hydrogens is 228 g/mol. The molecule has 0 heterocycles. The fourth-order valence-corrected chi connectivity index (χ4v) is 1.88. The monoisotopic (exact) mass is 242 g/mol. The number of aromatic hydroxyl groups is 2. The summed E-state index contributed by atoms with van der Waals surface area (Å²) in [7, 11) is 0. The Kier molecular flexibility index (Phi) is 3.06. The van der Waals surface area contributed by atoms with E-state index in [1.807, 2.05) is 0 Å². The first-order valence-electron chi connectivity index (χ1n) is 5.64. The van der Waals surface area contributed by atoms with Crippen molar-refractivity contribution in [2.45, 2.75) is 13.8 Å². The predicted molar refractivity (Wildman–Crippen MR) is 69.1 cm³/mol. The first-order valence-corrected chi connectivity index (χ1v) is 5.64. The highest BCUT2D eigenvalue weighted by molar-refractivity contribution is 6.11. The highest BCUT2D eigenvalue weighted by Gasteiger charge is 2.16. The summed E-state index contributed by atoms with van der Waals surface area (Å²) < 4.78 is 0. The van der Waals surface area contributed by atoms with E-state index in [1.165, 1.54) is 0 Å². The maximum Gasteiger partial charge on any atom is 0.193 e. The molecule has 0 spiro atoms. The Morgan fingerprint density at radius 2 is 1.22 bits per heavy atom. The summed E-state index contributed by atoms with van der Waals surface area (Å²) in [6.07, 6.45) is 0. The van der Waals surface area contributed by atoms with Gasteiger partial charge in [-0.25, -0.2) is 0 Å². The first kappa shape index (κ1) is 12.2. The maximum absolute atomic E-state index is 12.4. The minimum atomic E-state index is -0.197. The third kappa shape index (κ3) is 1.95. The van der Waals surface area contributed by atoms with Crippen molar-refractivity contribution in [2.75, 3.05) is 0 Å². The lowest BCUT2D eigenvalue weighted by atomic mass is 9.95. The van der Waals surface area contributed by atoms with Gasteiger partial charge < -0.3 is 10.2 Å². The summed E-state index contributed by atoms with van der Waals surface area (Å²) in [5, 5.41) is 19.2. The topological polar surface area (TPSA) is 57.5 Å². The molecule has 0 aliphatic rings. The molecule has 0 aliphatic heterocycles. The Labute approximate surface area is 105 Å². The van der Waals surface area contributed by atoms with Gasteiger partial charge in [0, 0.05) is 22.3 Å². The van der Waals surface area contributed by atoms with E-state index in [4.69, 9.17) is 0 Å². The van der Waals surface area contributed by atoms with Gasteiger partial charge in [-0.2, -0.15) is 0 Å². The van der Waals surface area contributed by atoms with Crippen LogP contribution >= 0.6 is 0 Å². The van der Waals surface area contributed by atoms with Gasteiger partial charge in [0.2, 0.25) is 0 Å². The molecule has 3 heteroatoms. The van der Waals surface area contributed by atoms with E-state index in [2.05, 4.69) is 0 Å². The van der Waals surface area contributed by atoms with Gasteiger partial charge in [-0.05, 0) is 26.0 Å². The molecule has 2 aromatic carbocycles. The highest BCUT2D eigenvalue weighted by Crippen LogP contribution is 2.26. The Hall–Kier alpha value is -2.29. The summed E-state index contributed by atoms with van der Waals surface area (Å²) in [6, 6.07) is 9.69. The third-order valence-corrected chi connectivity index (χ3v) is 3.10. The second-order valence-electron chi connectivity index (χ2n) is 4.23. The molecule has 0 unspecified atom stereocenters. The molecule has 0 bridgehead atoms. The second-order valence-corrected chi connectivity index (χ2v) is 4.23. The standard InChI is InChI=1S/C15H14O3/c1-9-11(5-3-7-13(9)16)15(18)12-6-4-8-14(17)10(12)2/h3-8,16-17H,1-2H3. The van der Waals surface area contributed by atoms with Gasteiger partial charge in [0.25, 0.3) is 0 Å². The van der Waals surface area contributed by atoms with Crippen LogP contribution in [-0.4, -0.2) is 16.0 Å². The van der Waals surface area contributed by atoms with Crippen molar-refractivity contribution < 1.29 is 15.0 Å². The van der Waals surface area contributed by atoms with E-state index in [-0.39, 0.29) is 17.3 Å². The Bertz CT molecular complexity index is 562. The molecule has 0 amide bonds. The number of hydrogen-bond donors (Lipinski definition) is 2. The SMILES string of the molecule is Cc1c(O)cccc1C(=O)c1cccc(O)c1C. The molecule has 0 saturated heterocycles. The maximum atomic E-state index is 12.4. The number of benzene rings is 2. The lowest BCUT2D eigenvalue weighted by Gasteiger charge is -2.09. The van der Waals surface area contributed by atoms with Crippen LogP contribution in [0.1, 0.15) is 27.0 Å². The van der Waals surface area contributed by atoms with Crippen molar-refractivity contribution in [2.24, 2.45) is 0 Å². The minimum Gasteiger partial charge on any atom is -0.508 e. The molecule has 0 aromatic heterocycles. The molecule has 2 aromatic rings. The predicted octanol–water partition coefficient (Wildman–Crippen LogP) is 2.95.